The highest BCUT2D eigenvalue weighted by atomic mass is 32.2. The first-order valence-corrected chi connectivity index (χ1v) is 8.23. The minimum absolute atomic E-state index is 0.0650. The van der Waals surface area contributed by atoms with E-state index in [2.05, 4.69) is 4.98 Å². The Morgan fingerprint density at radius 1 is 1.24 bits per heavy atom. The van der Waals surface area contributed by atoms with Crippen LogP contribution in [0.4, 0.5) is 13.2 Å². The van der Waals surface area contributed by atoms with Gasteiger partial charge in [-0.1, -0.05) is 12.5 Å². The summed E-state index contributed by atoms with van der Waals surface area (Å²) in [5.41, 5.74) is -1.78. The summed E-state index contributed by atoms with van der Waals surface area (Å²) in [4.78, 5) is 3.42. The van der Waals surface area contributed by atoms with E-state index < -0.39 is 28.3 Å². The molecule has 2 bridgehead atoms. The number of aromatic nitrogens is 1. The van der Waals surface area contributed by atoms with Gasteiger partial charge in [-0.25, -0.2) is 0 Å². The summed E-state index contributed by atoms with van der Waals surface area (Å²) in [6.45, 7) is 0. The second-order valence-electron chi connectivity index (χ2n) is 5.87. The van der Waals surface area contributed by atoms with Crippen LogP contribution < -0.4 is 0 Å². The highest BCUT2D eigenvalue weighted by Crippen LogP contribution is 2.44. The fourth-order valence-electron chi connectivity index (χ4n) is 3.36. The van der Waals surface area contributed by atoms with Crippen LogP contribution in [-0.4, -0.2) is 24.8 Å². The largest absolute Gasteiger partial charge is 0.433 e. The minimum Gasteiger partial charge on any atom is -0.385 e. The molecule has 0 aromatic carbocycles. The van der Waals surface area contributed by atoms with E-state index in [1.54, 1.807) is 0 Å². The lowest BCUT2D eigenvalue weighted by molar-refractivity contribution is -0.141. The molecule has 3 rings (SSSR count). The van der Waals surface area contributed by atoms with Crippen molar-refractivity contribution in [3.8, 4) is 0 Å². The van der Waals surface area contributed by atoms with Crippen molar-refractivity contribution in [1.82, 2.24) is 4.98 Å². The molecule has 3 heterocycles. The summed E-state index contributed by atoms with van der Waals surface area (Å²) in [5.74, 6) is 0. The Labute approximate surface area is 123 Å². The number of rotatable bonds is 1. The molecule has 7 heteroatoms. The number of fused-ring (bicyclic) bond motifs is 2. The van der Waals surface area contributed by atoms with Crippen molar-refractivity contribution in [2.45, 2.75) is 54.4 Å². The smallest absolute Gasteiger partial charge is 0.385 e. The zero-order chi connectivity index (χ0) is 15.3. The first-order chi connectivity index (χ1) is 9.79. The molecule has 2 unspecified atom stereocenters. The number of alkyl halides is 3. The molecule has 116 valence electrons. The van der Waals surface area contributed by atoms with Crippen LogP contribution in [-0.2, 0) is 22.6 Å². The van der Waals surface area contributed by atoms with Crippen LogP contribution in [0.15, 0.2) is 18.3 Å². The summed E-state index contributed by atoms with van der Waals surface area (Å²) < 4.78 is 49.7. The van der Waals surface area contributed by atoms with Crippen LogP contribution in [0.2, 0.25) is 0 Å². The first kappa shape index (κ1) is 15.0. The Bertz CT molecular complexity index is 542. The van der Waals surface area contributed by atoms with Crippen molar-refractivity contribution >= 4 is 10.8 Å². The SMILES string of the molecule is O=S1C2CCCC1CC(O)(c1ccc(C(F)(F)F)nc1)C2. The maximum absolute atomic E-state index is 12.5. The van der Waals surface area contributed by atoms with Crippen LogP contribution >= 0.6 is 0 Å². The predicted octanol–water partition coefficient (Wildman–Crippen LogP) is 2.75. The monoisotopic (exact) mass is 319 g/mol. The van der Waals surface area contributed by atoms with Gasteiger partial charge in [0.1, 0.15) is 5.69 Å². The number of hydrogen-bond acceptors (Lipinski definition) is 3. The zero-order valence-electron chi connectivity index (χ0n) is 11.3. The Morgan fingerprint density at radius 2 is 1.86 bits per heavy atom. The Kier molecular flexibility index (Phi) is 3.60. The van der Waals surface area contributed by atoms with Gasteiger partial charge >= 0.3 is 6.18 Å². The molecule has 0 amide bonds. The summed E-state index contributed by atoms with van der Waals surface area (Å²) in [7, 11) is -0.935. The summed E-state index contributed by atoms with van der Waals surface area (Å²) in [5, 5.41) is 10.7. The van der Waals surface area contributed by atoms with Crippen LogP contribution in [0, 0.1) is 0 Å². The van der Waals surface area contributed by atoms with Crippen molar-refractivity contribution in [2.24, 2.45) is 0 Å². The lowest BCUT2D eigenvalue weighted by Gasteiger charge is -2.43. The zero-order valence-corrected chi connectivity index (χ0v) is 12.1. The predicted molar refractivity (Wildman–Crippen MR) is 71.9 cm³/mol. The fraction of sp³-hybridized carbons (Fsp3) is 0.643. The highest BCUT2D eigenvalue weighted by molar-refractivity contribution is 7.86. The molecule has 2 aliphatic rings. The molecular weight excluding hydrogens is 303 g/mol. The van der Waals surface area contributed by atoms with Crippen LogP contribution in [0.25, 0.3) is 0 Å². The van der Waals surface area contributed by atoms with Crippen LogP contribution in [0.3, 0.4) is 0 Å². The van der Waals surface area contributed by atoms with Gasteiger partial charge in [-0.3, -0.25) is 9.19 Å². The molecule has 0 radical (unpaired) electrons. The average molecular weight is 319 g/mol. The molecule has 2 atom stereocenters. The normalized spacial score (nSPS) is 36.5. The quantitative estimate of drug-likeness (QED) is 0.866. The lowest BCUT2D eigenvalue weighted by atomic mass is 9.81. The topological polar surface area (TPSA) is 50.2 Å². The van der Waals surface area contributed by atoms with Gasteiger partial charge in [0.25, 0.3) is 0 Å². The first-order valence-electron chi connectivity index (χ1n) is 6.95. The Hall–Kier alpha value is -0.950. The second kappa shape index (κ2) is 5.05. The summed E-state index contributed by atoms with van der Waals surface area (Å²) >= 11 is 0. The Morgan fingerprint density at radius 3 is 2.33 bits per heavy atom. The van der Waals surface area contributed by atoms with E-state index in [1.807, 2.05) is 0 Å². The van der Waals surface area contributed by atoms with E-state index in [9.17, 15) is 22.5 Å². The van der Waals surface area contributed by atoms with Gasteiger partial charge in [-0.05, 0) is 31.7 Å². The third-order valence-electron chi connectivity index (χ3n) is 4.43. The molecular formula is C14H16F3NO2S. The molecule has 0 spiro atoms. The maximum Gasteiger partial charge on any atom is 0.433 e. The van der Waals surface area contributed by atoms with Gasteiger partial charge in [0, 0.05) is 33.1 Å². The van der Waals surface area contributed by atoms with E-state index in [4.69, 9.17) is 0 Å². The number of pyridine rings is 1. The van der Waals surface area contributed by atoms with Gasteiger partial charge < -0.3 is 5.11 Å². The third-order valence-corrected chi connectivity index (χ3v) is 6.55. The van der Waals surface area contributed by atoms with E-state index in [1.165, 1.54) is 6.07 Å². The molecule has 3 nitrogen and oxygen atoms in total. The van der Waals surface area contributed by atoms with E-state index in [0.29, 0.717) is 18.4 Å². The van der Waals surface area contributed by atoms with Crippen molar-refractivity contribution in [3.63, 3.8) is 0 Å². The fourth-order valence-corrected chi connectivity index (χ4v) is 5.58. The lowest BCUT2D eigenvalue weighted by Crippen LogP contribution is -2.47. The summed E-state index contributed by atoms with van der Waals surface area (Å²) in [6.07, 6.45) is -0.0911. The molecule has 1 aromatic heterocycles. The number of aliphatic hydroxyl groups is 1. The number of halogens is 3. The van der Waals surface area contributed by atoms with Gasteiger partial charge in [0.05, 0.1) is 5.60 Å². The van der Waals surface area contributed by atoms with E-state index >= 15 is 0 Å². The van der Waals surface area contributed by atoms with Crippen LogP contribution in [0.5, 0.6) is 0 Å². The molecule has 1 aromatic rings. The maximum atomic E-state index is 12.5. The molecule has 2 saturated heterocycles. The number of nitrogens with zero attached hydrogens (tertiary/aromatic N) is 1. The summed E-state index contributed by atoms with van der Waals surface area (Å²) in [6, 6.07) is 2.19. The number of hydrogen-bond donors (Lipinski definition) is 1. The average Bonchev–Trinajstić information content (AvgIpc) is 2.40. The molecule has 0 saturated carbocycles. The van der Waals surface area contributed by atoms with Gasteiger partial charge in [0.15, 0.2) is 0 Å². The van der Waals surface area contributed by atoms with E-state index in [0.717, 1.165) is 31.5 Å². The molecule has 21 heavy (non-hydrogen) atoms. The van der Waals surface area contributed by atoms with Crippen molar-refractivity contribution in [3.05, 3.63) is 29.6 Å². The highest BCUT2D eigenvalue weighted by Gasteiger charge is 2.46. The molecule has 2 fully saturated rings. The van der Waals surface area contributed by atoms with Crippen molar-refractivity contribution in [1.29, 1.82) is 0 Å². The second-order valence-corrected chi connectivity index (χ2v) is 7.86. The van der Waals surface area contributed by atoms with Gasteiger partial charge in [-0.2, -0.15) is 13.2 Å². The van der Waals surface area contributed by atoms with Gasteiger partial charge in [0.2, 0.25) is 0 Å². The minimum atomic E-state index is -4.48. The van der Waals surface area contributed by atoms with Gasteiger partial charge in [-0.15, -0.1) is 0 Å². The molecule has 1 N–H and O–H groups in total. The third kappa shape index (κ3) is 2.73. The molecule has 2 aliphatic heterocycles. The van der Waals surface area contributed by atoms with Crippen molar-refractivity contribution < 1.29 is 22.5 Å². The Balaban J connectivity index is 1.87. The van der Waals surface area contributed by atoms with Crippen molar-refractivity contribution in [2.75, 3.05) is 0 Å². The van der Waals surface area contributed by atoms with Crippen LogP contribution in [0.1, 0.15) is 43.4 Å². The molecule has 0 aliphatic carbocycles. The van der Waals surface area contributed by atoms with E-state index in [-0.39, 0.29) is 10.5 Å². The standard InChI is InChI=1S/C14H16F3NO2S/c15-14(16,17)12-5-4-9(8-18-12)13(19)6-10-2-1-3-11(7-13)21(10)20/h4-5,8,10-11,19H,1-3,6-7H2.